The molecule has 7 heteroatoms. The molecule has 1 aliphatic heterocycles. The first-order chi connectivity index (χ1) is 16.2. The van der Waals surface area contributed by atoms with Crippen molar-refractivity contribution in [3.8, 4) is 0 Å². The molecule has 1 saturated heterocycles. The van der Waals surface area contributed by atoms with Gasteiger partial charge >= 0.3 is 0 Å². The molecule has 3 atom stereocenters. The van der Waals surface area contributed by atoms with Crippen LogP contribution in [0.15, 0.2) is 78.7 Å². The zero-order chi connectivity index (χ0) is 23.0. The topological polar surface area (TPSA) is 90.4 Å². The van der Waals surface area contributed by atoms with Gasteiger partial charge in [-0.1, -0.05) is 67.6 Å². The molecule has 3 N–H and O–H groups in total. The van der Waals surface area contributed by atoms with Gasteiger partial charge in [-0.15, -0.1) is 0 Å². The van der Waals surface area contributed by atoms with E-state index in [1.165, 1.54) is 23.5 Å². The summed E-state index contributed by atoms with van der Waals surface area (Å²) in [6.07, 6.45) is 15.9. The fraction of sp³-hybridized carbons (Fsp3) is 0.346. The van der Waals surface area contributed by atoms with E-state index in [0.717, 1.165) is 32.5 Å². The summed E-state index contributed by atoms with van der Waals surface area (Å²) in [6, 6.07) is 11.1. The smallest absolute Gasteiger partial charge is 0.277 e. The van der Waals surface area contributed by atoms with Gasteiger partial charge in [0, 0.05) is 37.4 Å². The Balaban J connectivity index is 1.37. The molecule has 1 amide bonds. The molecule has 0 saturated carbocycles. The summed E-state index contributed by atoms with van der Waals surface area (Å²) in [5.41, 5.74) is 4.52. The van der Waals surface area contributed by atoms with Crippen LogP contribution in [0, 0.1) is 5.92 Å². The number of hydrogen-bond acceptors (Lipinski definition) is 6. The lowest BCUT2D eigenvalue weighted by atomic mass is 9.87. The van der Waals surface area contributed by atoms with Crippen LogP contribution in [0.4, 0.5) is 5.95 Å². The first-order valence-corrected chi connectivity index (χ1v) is 11.5. The van der Waals surface area contributed by atoms with Crippen LogP contribution >= 0.6 is 0 Å². The lowest BCUT2D eigenvalue weighted by Gasteiger charge is -2.22. The number of amides is 1. The van der Waals surface area contributed by atoms with Crippen molar-refractivity contribution in [1.82, 2.24) is 20.8 Å². The van der Waals surface area contributed by atoms with Crippen molar-refractivity contribution >= 4 is 11.9 Å². The molecule has 1 aliphatic carbocycles. The molecule has 2 aliphatic rings. The van der Waals surface area contributed by atoms with Crippen molar-refractivity contribution < 1.29 is 10.0 Å². The zero-order valence-electron chi connectivity index (χ0n) is 18.9. The number of rotatable bonds is 8. The monoisotopic (exact) mass is 445 g/mol. The number of anilines is 1. The maximum absolute atomic E-state index is 11.5. The number of nitrogens with one attached hydrogen (secondary N) is 2. The van der Waals surface area contributed by atoms with E-state index < -0.39 is 5.91 Å². The van der Waals surface area contributed by atoms with E-state index in [4.69, 9.17) is 5.21 Å². The number of hydrogen-bond donors (Lipinski definition) is 3. The molecule has 1 aromatic heterocycles. The largest absolute Gasteiger partial charge is 0.339 e. The molecule has 33 heavy (non-hydrogen) atoms. The van der Waals surface area contributed by atoms with E-state index in [-0.39, 0.29) is 5.56 Å². The van der Waals surface area contributed by atoms with Crippen LogP contribution in [0.5, 0.6) is 0 Å². The maximum atomic E-state index is 11.5. The van der Waals surface area contributed by atoms with E-state index in [0.29, 0.717) is 23.8 Å². The third kappa shape index (κ3) is 5.74. The Hall–Kier alpha value is -3.29. The fourth-order valence-electron chi connectivity index (χ4n) is 4.51. The summed E-state index contributed by atoms with van der Waals surface area (Å²) in [5, 5.41) is 12.5. The number of allylic oxidation sites excluding steroid dienone is 6. The minimum Gasteiger partial charge on any atom is -0.339 e. The minimum absolute atomic E-state index is 0.229. The summed E-state index contributed by atoms with van der Waals surface area (Å²) in [7, 11) is 0. The number of nitrogens with zero attached hydrogens (tertiary/aromatic N) is 3. The van der Waals surface area contributed by atoms with Crippen LogP contribution in [0.25, 0.3) is 0 Å². The lowest BCUT2D eigenvalue weighted by Crippen LogP contribution is -2.36. The van der Waals surface area contributed by atoms with Crippen LogP contribution in [-0.4, -0.2) is 46.8 Å². The number of carbonyl (C=O) groups is 1. The second-order valence-corrected chi connectivity index (χ2v) is 8.64. The first kappa shape index (κ1) is 22.9. The van der Waals surface area contributed by atoms with E-state index in [2.05, 4.69) is 87.8 Å². The van der Waals surface area contributed by atoms with E-state index in [1.807, 2.05) is 0 Å². The van der Waals surface area contributed by atoms with Gasteiger partial charge in [0.1, 0.15) is 0 Å². The predicted molar refractivity (Wildman–Crippen MR) is 129 cm³/mol. The molecule has 0 radical (unpaired) electrons. The van der Waals surface area contributed by atoms with Gasteiger partial charge in [0.2, 0.25) is 5.95 Å². The SMILES string of the molecule is CC1CN(c2ncc(C(=O)NO)cn2)CC1NCCC(C1=CC=CCC=C1)c1ccccc1. The highest BCUT2D eigenvalue weighted by molar-refractivity contribution is 5.92. The minimum atomic E-state index is -0.613. The van der Waals surface area contributed by atoms with E-state index in [1.54, 1.807) is 5.48 Å². The molecule has 2 aromatic rings. The standard InChI is InChI=1S/C26H31N5O2/c1-19-17-31(26-28-15-22(16-29-26)25(32)30-33)18-24(19)27-14-13-23(21-11-7-4-8-12-21)20-9-5-2-3-6-10-20/h2,4-12,15-16,19,23-24,27,33H,3,13-14,17-18H2,1H3,(H,30,32). The van der Waals surface area contributed by atoms with Crippen molar-refractivity contribution in [2.45, 2.75) is 31.7 Å². The molecule has 1 fully saturated rings. The van der Waals surface area contributed by atoms with Gasteiger partial charge < -0.3 is 10.2 Å². The van der Waals surface area contributed by atoms with Crippen LogP contribution in [0.2, 0.25) is 0 Å². The number of hydroxylamine groups is 1. The Morgan fingerprint density at radius 2 is 1.97 bits per heavy atom. The quantitative estimate of drug-likeness (QED) is 0.425. The van der Waals surface area contributed by atoms with Gasteiger partial charge in [-0.25, -0.2) is 15.4 Å². The lowest BCUT2D eigenvalue weighted by molar-refractivity contribution is 0.0705. The van der Waals surface area contributed by atoms with Crippen molar-refractivity contribution in [3.05, 3.63) is 89.8 Å². The van der Waals surface area contributed by atoms with Crippen molar-refractivity contribution in [3.63, 3.8) is 0 Å². The third-order valence-electron chi connectivity index (χ3n) is 6.35. The molecule has 4 rings (SSSR count). The summed E-state index contributed by atoms with van der Waals surface area (Å²) in [5.74, 6) is 0.782. The molecule has 0 bridgehead atoms. The van der Waals surface area contributed by atoms with Crippen LogP contribution in [0.1, 0.15) is 41.6 Å². The maximum Gasteiger partial charge on any atom is 0.277 e. The Bertz CT molecular complexity index is 1020. The fourth-order valence-corrected chi connectivity index (χ4v) is 4.51. The number of carbonyl (C=O) groups excluding carboxylic acids is 1. The molecule has 2 heterocycles. The Morgan fingerprint density at radius 3 is 2.73 bits per heavy atom. The molecule has 0 spiro atoms. The zero-order valence-corrected chi connectivity index (χ0v) is 18.9. The highest BCUT2D eigenvalue weighted by atomic mass is 16.5. The van der Waals surface area contributed by atoms with Gasteiger partial charge in [0.05, 0.1) is 5.56 Å². The van der Waals surface area contributed by atoms with Crippen LogP contribution in [0.3, 0.4) is 0 Å². The van der Waals surface area contributed by atoms with E-state index in [9.17, 15) is 4.79 Å². The van der Waals surface area contributed by atoms with Crippen LogP contribution in [-0.2, 0) is 0 Å². The number of benzene rings is 1. The molecule has 3 unspecified atom stereocenters. The van der Waals surface area contributed by atoms with Crippen molar-refractivity contribution in [2.75, 3.05) is 24.5 Å². The third-order valence-corrected chi connectivity index (χ3v) is 6.35. The molecular formula is C26H31N5O2. The molecular weight excluding hydrogens is 414 g/mol. The van der Waals surface area contributed by atoms with Crippen molar-refractivity contribution in [2.24, 2.45) is 5.92 Å². The average molecular weight is 446 g/mol. The summed E-state index contributed by atoms with van der Waals surface area (Å²) in [6.45, 7) is 4.81. The molecule has 1 aromatic carbocycles. The highest BCUT2D eigenvalue weighted by Crippen LogP contribution is 2.30. The van der Waals surface area contributed by atoms with Gasteiger partial charge in [-0.2, -0.15) is 0 Å². The Labute approximate surface area is 194 Å². The first-order valence-electron chi connectivity index (χ1n) is 11.5. The van der Waals surface area contributed by atoms with Crippen molar-refractivity contribution in [1.29, 1.82) is 0 Å². The molecule has 172 valence electrons. The van der Waals surface area contributed by atoms with Gasteiger partial charge in [0.15, 0.2) is 0 Å². The Morgan fingerprint density at radius 1 is 1.18 bits per heavy atom. The summed E-state index contributed by atoms with van der Waals surface area (Å²) in [4.78, 5) is 22.2. The van der Waals surface area contributed by atoms with Gasteiger partial charge in [-0.05, 0) is 36.4 Å². The normalized spacial score (nSPS) is 20.9. The summed E-state index contributed by atoms with van der Waals surface area (Å²) < 4.78 is 0. The predicted octanol–water partition coefficient (Wildman–Crippen LogP) is 3.63. The second-order valence-electron chi connectivity index (χ2n) is 8.64. The van der Waals surface area contributed by atoms with Gasteiger partial charge in [0.25, 0.3) is 5.91 Å². The average Bonchev–Trinajstić information content (AvgIpc) is 3.04. The second kappa shape index (κ2) is 11.0. The highest BCUT2D eigenvalue weighted by Gasteiger charge is 2.31. The number of aromatic nitrogens is 2. The molecule has 7 nitrogen and oxygen atoms in total. The van der Waals surface area contributed by atoms with Gasteiger partial charge in [-0.3, -0.25) is 10.0 Å². The van der Waals surface area contributed by atoms with Crippen LogP contribution < -0.4 is 15.7 Å². The summed E-state index contributed by atoms with van der Waals surface area (Å²) >= 11 is 0. The Kier molecular flexibility index (Phi) is 7.65. The van der Waals surface area contributed by atoms with E-state index >= 15 is 0 Å².